The summed E-state index contributed by atoms with van der Waals surface area (Å²) in [4.78, 5) is 0.745. The van der Waals surface area contributed by atoms with Crippen molar-refractivity contribution in [1.82, 2.24) is 5.32 Å². The SMILES string of the molecule is CCNC1CC(c2ccc(SC)c(F)c2)C1CC. The summed E-state index contributed by atoms with van der Waals surface area (Å²) in [5, 5.41) is 3.52. The molecule has 1 nitrogen and oxygen atoms in total. The smallest absolute Gasteiger partial charge is 0.137 e. The van der Waals surface area contributed by atoms with Gasteiger partial charge in [0.25, 0.3) is 0 Å². The molecule has 2 rings (SSSR count). The first-order valence-corrected chi connectivity index (χ1v) is 8.00. The van der Waals surface area contributed by atoms with Gasteiger partial charge in [-0.3, -0.25) is 0 Å². The van der Waals surface area contributed by atoms with Crippen LogP contribution in [0.5, 0.6) is 0 Å². The molecule has 100 valence electrons. The summed E-state index contributed by atoms with van der Waals surface area (Å²) in [6, 6.07) is 6.38. The molecule has 0 spiro atoms. The highest BCUT2D eigenvalue weighted by molar-refractivity contribution is 7.98. The van der Waals surface area contributed by atoms with E-state index in [1.807, 2.05) is 12.3 Å². The van der Waals surface area contributed by atoms with Crippen molar-refractivity contribution in [3.63, 3.8) is 0 Å². The molecule has 1 aliphatic carbocycles. The van der Waals surface area contributed by atoms with E-state index in [4.69, 9.17) is 0 Å². The third-order valence-electron chi connectivity index (χ3n) is 4.08. The van der Waals surface area contributed by atoms with Gasteiger partial charge in [-0.15, -0.1) is 11.8 Å². The average Bonchev–Trinajstić information content (AvgIpc) is 2.34. The first-order chi connectivity index (χ1) is 8.71. The van der Waals surface area contributed by atoms with Crippen molar-refractivity contribution in [2.45, 2.75) is 43.5 Å². The molecule has 3 unspecified atom stereocenters. The van der Waals surface area contributed by atoms with Crippen molar-refractivity contribution >= 4 is 11.8 Å². The minimum Gasteiger partial charge on any atom is -0.314 e. The predicted molar refractivity (Wildman–Crippen MR) is 76.8 cm³/mol. The van der Waals surface area contributed by atoms with Gasteiger partial charge in [0, 0.05) is 10.9 Å². The van der Waals surface area contributed by atoms with Crippen LogP contribution in [0.1, 0.15) is 38.2 Å². The topological polar surface area (TPSA) is 12.0 Å². The van der Waals surface area contributed by atoms with Crippen LogP contribution in [-0.4, -0.2) is 18.8 Å². The molecule has 0 bridgehead atoms. The van der Waals surface area contributed by atoms with E-state index in [2.05, 4.69) is 25.2 Å². The van der Waals surface area contributed by atoms with Crippen molar-refractivity contribution in [3.05, 3.63) is 29.6 Å². The third kappa shape index (κ3) is 2.57. The molecule has 1 aromatic carbocycles. The van der Waals surface area contributed by atoms with Crippen LogP contribution < -0.4 is 5.32 Å². The molecule has 3 atom stereocenters. The van der Waals surface area contributed by atoms with Gasteiger partial charge in [-0.25, -0.2) is 4.39 Å². The summed E-state index contributed by atoms with van der Waals surface area (Å²) in [5.41, 5.74) is 1.17. The van der Waals surface area contributed by atoms with Crippen LogP contribution in [0.4, 0.5) is 4.39 Å². The van der Waals surface area contributed by atoms with Crippen LogP contribution in [-0.2, 0) is 0 Å². The average molecular weight is 267 g/mol. The van der Waals surface area contributed by atoms with E-state index in [1.54, 1.807) is 6.07 Å². The highest BCUT2D eigenvalue weighted by Crippen LogP contribution is 2.45. The van der Waals surface area contributed by atoms with E-state index >= 15 is 0 Å². The van der Waals surface area contributed by atoms with Crippen molar-refractivity contribution in [1.29, 1.82) is 0 Å². The summed E-state index contributed by atoms with van der Waals surface area (Å²) in [7, 11) is 0. The van der Waals surface area contributed by atoms with Crippen LogP contribution in [0.15, 0.2) is 23.1 Å². The predicted octanol–water partition coefficient (Wildman–Crippen LogP) is 4.04. The Kier molecular flexibility index (Phi) is 4.68. The molecule has 1 aromatic rings. The van der Waals surface area contributed by atoms with Crippen LogP contribution in [0.3, 0.4) is 0 Å². The van der Waals surface area contributed by atoms with Gasteiger partial charge in [-0.1, -0.05) is 26.3 Å². The van der Waals surface area contributed by atoms with Gasteiger partial charge >= 0.3 is 0 Å². The molecule has 1 aliphatic rings. The molecular formula is C15H22FNS. The number of hydrogen-bond acceptors (Lipinski definition) is 2. The van der Waals surface area contributed by atoms with Crippen LogP contribution in [0.25, 0.3) is 0 Å². The fourth-order valence-corrected chi connectivity index (χ4v) is 3.53. The standard InChI is InChI=1S/C15H22FNS/c1-4-11-12(9-14(11)17-5-2)10-6-7-15(18-3)13(16)8-10/h6-8,11-12,14,17H,4-5,9H2,1-3H3. The summed E-state index contributed by atoms with van der Waals surface area (Å²) in [6.45, 7) is 5.40. The van der Waals surface area contributed by atoms with E-state index in [0.717, 1.165) is 24.3 Å². The maximum Gasteiger partial charge on any atom is 0.137 e. The van der Waals surface area contributed by atoms with Gasteiger partial charge in [0.2, 0.25) is 0 Å². The zero-order valence-corrected chi connectivity index (χ0v) is 12.2. The summed E-state index contributed by atoms with van der Waals surface area (Å²) >= 11 is 1.47. The molecule has 0 aromatic heterocycles. The van der Waals surface area contributed by atoms with Gasteiger partial charge < -0.3 is 5.32 Å². The van der Waals surface area contributed by atoms with E-state index in [0.29, 0.717) is 17.9 Å². The van der Waals surface area contributed by atoms with Crippen LogP contribution in [0.2, 0.25) is 0 Å². The highest BCUT2D eigenvalue weighted by Gasteiger charge is 2.39. The molecule has 1 fully saturated rings. The second-order valence-corrected chi connectivity index (χ2v) is 5.82. The molecule has 1 N–H and O–H groups in total. The van der Waals surface area contributed by atoms with Crippen molar-refractivity contribution in [2.24, 2.45) is 5.92 Å². The number of thioether (sulfide) groups is 1. The number of hydrogen-bond donors (Lipinski definition) is 1. The van der Waals surface area contributed by atoms with Crippen LogP contribution in [0, 0.1) is 11.7 Å². The molecule has 0 amide bonds. The van der Waals surface area contributed by atoms with Crippen molar-refractivity contribution in [3.8, 4) is 0 Å². The van der Waals surface area contributed by atoms with Gasteiger partial charge in [-0.05, 0) is 48.8 Å². The monoisotopic (exact) mass is 267 g/mol. The number of nitrogens with one attached hydrogen (secondary N) is 1. The van der Waals surface area contributed by atoms with E-state index in [1.165, 1.54) is 17.3 Å². The third-order valence-corrected chi connectivity index (χ3v) is 4.85. The van der Waals surface area contributed by atoms with E-state index in [-0.39, 0.29) is 5.82 Å². The maximum atomic E-state index is 13.8. The lowest BCUT2D eigenvalue weighted by molar-refractivity contribution is 0.162. The van der Waals surface area contributed by atoms with Gasteiger partial charge in [0.15, 0.2) is 0 Å². The summed E-state index contributed by atoms with van der Waals surface area (Å²) < 4.78 is 13.8. The van der Waals surface area contributed by atoms with E-state index < -0.39 is 0 Å². The number of benzene rings is 1. The Morgan fingerprint density at radius 3 is 2.72 bits per heavy atom. The first kappa shape index (κ1) is 13.9. The molecule has 0 aliphatic heterocycles. The lowest BCUT2D eigenvalue weighted by Gasteiger charge is -2.45. The number of halogens is 1. The molecule has 3 heteroatoms. The second-order valence-electron chi connectivity index (χ2n) is 4.97. The molecule has 1 saturated carbocycles. The Hall–Kier alpha value is -0.540. The fraction of sp³-hybridized carbons (Fsp3) is 0.600. The quantitative estimate of drug-likeness (QED) is 0.808. The minimum absolute atomic E-state index is 0.0678. The zero-order valence-electron chi connectivity index (χ0n) is 11.4. The van der Waals surface area contributed by atoms with Gasteiger partial charge in [0.1, 0.15) is 5.82 Å². The largest absolute Gasteiger partial charge is 0.314 e. The van der Waals surface area contributed by atoms with E-state index in [9.17, 15) is 4.39 Å². The Bertz CT molecular complexity index is 407. The summed E-state index contributed by atoms with van der Waals surface area (Å²) in [6.07, 6.45) is 4.22. The van der Waals surface area contributed by atoms with Gasteiger partial charge in [0.05, 0.1) is 0 Å². The van der Waals surface area contributed by atoms with Crippen molar-refractivity contribution < 1.29 is 4.39 Å². The summed E-state index contributed by atoms with van der Waals surface area (Å²) in [5.74, 6) is 1.12. The molecule has 18 heavy (non-hydrogen) atoms. The normalized spacial score (nSPS) is 27.0. The lowest BCUT2D eigenvalue weighted by atomic mass is 9.65. The fourth-order valence-electron chi connectivity index (χ4n) is 3.07. The van der Waals surface area contributed by atoms with Gasteiger partial charge in [-0.2, -0.15) is 0 Å². The lowest BCUT2D eigenvalue weighted by Crippen LogP contribution is -2.48. The molecule has 0 saturated heterocycles. The molecular weight excluding hydrogens is 245 g/mol. The Morgan fingerprint density at radius 1 is 1.39 bits per heavy atom. The minimum atomic E-state index is -0.0678. The Morgan fingerprint density at radius 2 is 2.17 bits per heavy atom. The maximum absolute atomic E-state index is 13.8. The molecule has 0 heterocycles. The second kappa shape index (κ2) is 6.07. The van der Waals surface area contributed by atoms with Crippen LogP contribution >= 0.6 is 11.8 Å². The highest BCUT2D eigenvalue weighted by atomic mass is 32.2. The van der Waals surface area contributed by atoms with Crippen molar-refractivity contribution in [2.75, 3.05) is 12.8 Å². The number of rotatable bonds is 5. The Balaban J connectivity index is 2.11. The first-order valence-electron chi connectivity index (χ1n) is 6.78. The Labute approximate surface area is 114 Å². The zero-order chi connectivity index (χ0) is 13.1. The molecule has 0 radical (unpaired) electrons.